The predicted molar refractivity (Wildman–Crippen MR) is 77.6 cm³/mol. The highest BCUT2D eigenvalue weighted by atomic mass is 16.3. The molecule has 2 N–H and O–H groups in total. The van der Waals surface area contributed by atoms with Crippen LogP contribution in [-0.4, -0.2) is 30.1 Å². The van der Waals surface area contributed by atoms with Crippen LogP contribution in [0.3, 0.4) is 0 Å². The van der Waals surface area contributed by atoms with E-state index in [1.54, 1.807) is 4.90 Å². The van der Waals surface area contributed by atoms with Gasteiger partial charge in [-0.25, -0.2) is 0 Å². The highest BCUT2D eigenvalue weighted by molar-refractivity contribution is 5.97. The van der Waals surface area contributed by atoms with Crippen LogP contribution in [0.15, 0.2) is 24.3 Å². The van der Waals surface area contributed by atoms with E-state index in [4.69, 9.17) is 5.11 Å². The van der Waals surface area contributed by atoms with E-state index in [0.717, 1.165) is 18.7 Å². The molecule has 5 nitrogen and oxygen atoms in total. The Labute approximate surface area is 118 Å². The van der Waals surface area contributed by atoms with E-state index in [1.807, 2.05) is 24.3 Å². The molecule has 1 saturated heterocycles. The number of rotatable bonds is 6. The Balaban J connectivity index is 1.95. The first-order chi connectivity index (χ1) is 9.70. The molecule has 0 saturated carbocycles. The molecule has 1 aliphatic rings. The lowest BCUT2D eigenvalue weighted by Gasteiger charge is -2.16. The minimum atomic E-state index is -0.0663. The van der Waals surface area contributed by atoms with Crippen molar-refractivity contribution in [1.29, 1.82) is 0 Å². The summed E-state index contributed by atoms with van der Waals surface area (Å²) < 4.78 is 0. The number of aliphatic hydroxyl groups is 1. The molecule has 108 valence electrons. The normalized spacial score (nSPS) is 14.7. The van der Waals surface area contributed by atoms with E-state index in [1.165, 1.54) is 0 Å². The number of unbranched alkanes of at least 4 members (excludes halogenated alkanes) is 1. The van der Waals surface area contributed by atoms with Crippen molar-refractivity contribution in [2.75, 3.05) is 23.4 Å². The molecular formula is C15H20N2O3. The van der Waals surface area contributed by atoms with Gasteiger partial charge in [0.05, 0.1) is 0 Å². The van der Waals surface area contributed by atoms with Gasteiger partial charge in [-0.3, -0.25) is 9.59 Å². The summed E-state index contributed by atoms with van der Waals surface area (Å²) in [6, 6.07) is 7.36. The predicted octanol–water partition coefficient (Wildman–Crippen LogP) is 1.91. The van der Waals surface area contributed by atoms with Crippen LogP contribution >= 0.6 is 0 Å². The lowest BCUT2D eigenvalue weighted by atomic mass is 10.2. The third-order valence-corrected chi connectivity index (χ3v) is 3.33. The number of benzene rings is 1. The van der Waals surface area contributed by atoms with Gasteiger partial charge in [-0.2, -0.15) is 0 Å². The van der Waals surface area contributed by atoms with Gasteiger partial charge in [-0.1, -0.05) is 6.07 Å². The fraction of sp³-hybridized carbons (Fsp3) is 0.467. The van der Waals surface area contributed by atoms with Crippen LogP contribution < -0.4 is 10.2 Å². The van der Waals surface area contributed by atoms with Crippen molar-refractivity contribution in [1.82, 2.24) is 0 Å². The van der Waals surface area contributed by atoms with Crippen LogP contribution in [-0.2, 0) is 9.59 Å². The van der Waals surface area contributed by atoms with Gasteiger partial charge in [0.25, 0.3) is 0 Å². The number of aliphatic hydroxyl groups excluding tert-OH is 1. The molecule has 1 heterocycles. The van der Waals surface area contributed by atoms with Gasteiger partial charge < -0.3 is 15.3 Å². The first-order valence-corrected chi connectivity index (χ1v) is 7.02. The number of nitrogens with one attached hydrogen (secondary N) is 1. The molecule has 0 atom stereocenters. The Bertz CT molecular complexity index is 488. The minimum absolute atomic E-state index is 0.0663. The second kappa shape index (κ2) is 7.05. The van der Waals surface area contributed by atoms with Crippen molar-refractivity contribution in [2.45, 2.75) is 32.1 Å². The number of amides is 2. The summed E-state index contributed by atoms with van der Waals surface area (Å²) in [6.45, 7) is 0.854. The zero-order valence-corrected chi connectivity index (χ0v) is 11.5. The molecule has 0 radical (unpaired) electrons. The Hall–Kier alpha value is -1.88. The van der Waals surface area contributed by atoms with Crippen LogP contribution in [0.4, 0.5) is 11.4 Å². The fourth-order valence-electron chi connectivity index (χ4n) is 2.29. The molecule has 1 fully saturated rings. The van der Waals surface area contributed by atoms with Crippen LogP contribution in [0.2, 0.25) is 0 Å². The third kappa shape index (κ3) is 3.81. The summed E-state index contributed by atoms with van der Waals surface area (Å²) >= 11 is 0. The molecule has 5 heteroatoms. The smallest absolute Gasteiger partial charge is 0.227 e. The Morgan fingerprint density at radius 3 is 2.90 bits per heavy atom. The van der Waals surface area contributed by atoms with Crippen molar-refractivity contribution in [2.24, 2.45) is 0 Å². The number of carbonyl (C=O) groups is 2. The van der Waals surface area contributed by atoms with Gasteiger partial charge in [0.15, 0.2) is 0 Å². The molecule has 20 heavy (non-hydrogen) atoms. The Kier molecular flexibility index (Phi) is 5.12. The first kappa shape index (κ1) is 14.5. The van der Waals surface area contributed by atoms with Crippen molar-refractivity contribution in [3.63, 3.8) is 0 Å². The van der Waals surface area contributed by atoms with Gasteiger partial charge in [0.1, 0.15) is 0 Å². The largest absolute Gasteiger partial charge is 0.396 e. The van der Waals surface area contributed by atoms with Crippen LogP contribution in [0, 0.1) is 0 Å². The third-order valence-electron chi connectivity index (χ3n) is 3.33. The molecule has 0 bridgehead atoms. The number of hydrogen-bond donors (Lipinski definition) is 2. The van der Waals surface area contributed by atoms with Gasteiger partial charge in [-0.15, -0.1) is 0 Å². The maximum Gasteiger partial charge on any atom is 0.227 e. The lowest BCUT2D eigenvalue weighted by Crippen LogP contribution is -2.23. The number of hydrogen-bond acceptors (Lipinski definition) is 3. The first-order valence-electron chi connectivity index (χ1n) is 7.02. The summed E-state index contributed by atoms with van der Waals surface area (Å²) in [6.07, 6.45) is 3.18. The topological polar surface area (TPSA) is 69.6 Å². The molecule has 0 unspecified atom stereocenters. The van der Waals surface area contributed by atoms with Crippen LogP contribution in [0.1, 0.15) is 32.1 Å². The lowest BCUT2D eigenvalue weighted by molar-refractivity contribution is -0.117. The highest BCUT2D eigenvalue weighted by Crippen LogP contribution is 2.24. The van der Waals surface area contributed by atoms with Crippen LogP contribution in [0.25, 0.3) is 0 Å². The van der Waals surface area contributed by atoms with E-state index in [0.29, 0.717) is 31.4 Å². The van der Waals surface area contributed by atoms with E-state index in [-0.39, 0.29) is 18.4 Å². The zero-order chi connectivity index (χ0) is 14.4. The van der Waals surface area contributed by atoms with E-state index in [2.05, 4.69) is 5.32 Å². The number of carbonyl (C=O) groups excluding carboxylic acids is 2. The maximum absolute atomic E-state index is 11.7. The molecule has 0 aromatic heterocycles. The molecule has 2 amide bonds. The zero-order valence-electron chi connectivity index (χ0n) is 11.5. The Morgan fingerprint density at radius 2 is 2.20 bits per heavy atom. The molecule has 1 aliphatic heterocycles. The van der Waals surface area contributed by atoms with E-state index < -0.39 is 0 Å². The monoisotopic (exact) mass is 276 g/mol. The molecule has 1 aromatic carbocycles. The summed E-state index contributed by atoms with van der Waals surface area (Å²) in [5.74, 6) is 0.0692. The van der Waals surface area contributed by atoms with Crippen molar-refractivity contribution in [3.05, 3.63) is 24.3 Å². The quantitative estimate of drug-likeness (QED) is 0.780. The number of anilines is 2. The average molecular weight is 276 g/mol. The SMILES string of the molecule is O=C(CCCCO)Nc1cccc(N2CCCC2=O)c1. The van der Waals surface area contributed by atoms with Crippen LogP contribution in [0.5, 0.6) is 0 Å². The molecule has 0 spiro atoms. The Morgan fingerprint density at radius 1 is 1.35 bits per heavy atom. The summed E-state index contributed by atoms with van der Waals surface area (Å²) in [4.78, 5) is 25.2. The molecule has 0 aliphatic carbocycles. The molecule has 1 aromatic rings. The van der Waals surface area contributed by atoms with E-state index in [9.17, 15) is 9.59 Å². The van der Waals surface area contributed by atoms with Crippen molar-refractivity contribution >= 4 is 23.2 Å². The molecular weight excluding hydrogens is 256 g/mol. The van der Waals surface area contributed by atoms with Gasteiger partial charge in [-0.05, 0) is 37.5 Å². The standard InChI is InChI=1S/C15H20N2O3/c18-10-2-1-7-14(19)16-12-5-3-6-13(11-12)17-9-4-8-15(17)20/h3,5-6,11,18H,1-2,4,7-10H2,(H,16,19). The minimum Gasteiger partial charge on any atom is -0.396 e. The highest BCUT2D eigenvalue weighted by Gasteiger charge is 2.21. The molecule has 2 rings (SSSR count). The van der Waals surface area contributed by atoms with Crippen molar-refractivity contribution in [3.8, 4) is 0 Å². The maximum atomic E-state index is 11.7. The second-order valence-electron chi connectivity index (χ2n) is 4.93. The summed E-state index contributed by atoms with van der Waals surface area (Å²) in [5, 5.41) is 11.5. The van der Waals surface area contributed by atoms with Gasteiger partial charge in [0, 0.05) is 37.4 Å². The van der Waals surface area contributed by atoms with E-state index >= 15 is 0 Å². The number of nitrogens with zero attached hydrogens (tertiary/aromatic N) is 1. The second-order valence-corrected chi connectivity index (χ2v) is 4.93. The van der Waals surface area contributed by atoms with Crippen molar-refractivity contribution < 1.29 is 14.7 Å². The summed E-state index contributed by atoms with van der Waals surface area (Å²) in [5.41, 5.74) is 1.54. The van der Waals surface area contributed by atoms with Gasteiger partial charge in [0.2, 0.25) is 11.8 Å². The van der Waals surface area contributed by atoms with Gasteiger partial charge >= 0.3 is 0 Å². The fourth-order valence-corrected chi connectivity index (χ4v) is 2.29. The summed E-state index contributed by atoms with van der Waals surface area (Å²) in [7, 11) is 0. The average Bonchev–Trinajstić information content (AvgIpc) is 2.85.